The molecule has 0 fully saturated rings. The molecule has 0 aliphatic rings. The summed E-state index contributed by atoms with van der Waals surface area (Å²) in [7, 11) is 0. The van der Waals surface area contributed by atoms with Crippen molar-refractivity contribution in [1.82, 2.24) is 0 Å². The Labute approximate surface area is 122 Å². The summed E-state index contributed by atoms with van der Waals surface area (Å²) in [6.45, 7) is 2.09. The number of ether oxygens (including phenoxy) is 1. The Morgan fingerprint density at radius 1 is 1.16 bits per heavy atom. The molecule has 0 bridgehead atoms. The third-order valence-electron chi connectivity index (χ3n) is 2.72. The third-order valence-corrected chi connectivity index (χ3v) is 3.25. The maximum Gasteiger partial charge on any atom is 0.138 e. The first-order valence-electron chi connectivity index (χ1n) is 5.91. The maximum absolute atomic E-state index is 9.46. The second kappa shape index (κ2) is 6.29. The van der Waals surface area contributed by atoms with Gasteiger partial charge in [0.25, 0.3) is 0 Å². The molecule has 0 spiro atoms. The lowest BCUT2D eigenvalue weighted by Gasteiger charge is -2.11. The standard InChI is InChI=1S/C15H14Cl2O2/c1-10(18)12-5-6-15(14(17)8-12)19-9-11-3-2-4-13(16)7-11/h2-8,10,18H,9H2,1H3/t10-/m1/s1. The van der Waals surface area contributed by atoms with Crippen LogP contribution in [0.2, 0.25) is 10.0 Å². The molecule has 100 valence electrons. The Hall–Kier alpha value is -1.22. The monoisotopic (exact) mass is 296 g/mol. The van der Waals surface area contributed by atoms with E-state index < -0.39 is 6.10 Å². The van der Waals surface area contributed by atoms with E-state index in [4.69, 9.17) is 27.9 Å². The van der Waals surface area contributed by atoms with Crippen LogP contribution in [0.25, 0.3) is 0 Å². The second-order valence-corrected chi connectivity index (χ2v) is 5.13. The van der Waals surface area contributed by atoms with E-state index in [2.05, 4.69) is 0 Å². The summed E-state index contributed by atoms with van der Waals surface area (Å²) >= 11 is 12.0. The fourth-order valence-electron chi connectivity index (χ4n) is 1.68. The molecule has 2 aromatic rings. The molecule has 4 heteroatoms. The Morgan fingerprint density at radius 2 is 1.95 bits per heavy atom. The van der Waals surface area contributed by atoms with Gasteiger partial charge in [0.1, 0.15) is 12.4 Å². The van der Waals surface area contributed by atoms with Crippen LogP contribution in [-0.4, -0.2) is 5.11 Å². The van der Waals surface area contributed by atoms with E-state index in [1.807, 2.05) is 24.3 Å². The van der Waals surface area contributed by atoms with Gasteiger partial charge in [-0.2, -0.15) is 0 Å². The number of rotatable bonds is 4. The Balaban J connectivity index is 2.07. The molecule has 0 aromatic heterocycles. The lowest BCUT2D eigenvalue weighted by molar-refractivity contribution is 0.199. The van der Waals surface area contributed by atoms with Crippen LogP contribution in [0.1, 0.15) is 24.2 Å². The molecule has 0 aliphatic heterocycles. The predicted molar refractivity (Wildman–Crippen MR) is 77.9 cm³/mol. The quantitative estimate of drug-likeness (QED) is 0.891. The summed E-state index contributed by atoms with van der Waals surface area (Å²) in [5.41, 5.74) is 1.74. The van der Waals surface area contributed by atoms with E-state index in [-0.39, 0.29) is 0 Å². The second-order valence-electron chi connectivity index (χ2n) is 4.28. The molecule has 0 aliphatic carbocycles. The molecular weight excluding hydrogens is 283 g/mol. The summed E-state index contributed by atoms with van der Waals surface area (Å²) in [5, 5.41) is 10.6. The van der Waals surface area contributed by atoms with Gasteiger partial charge < -0.3 is 9.84 Å². The van der Waals surface area contributed by atoms with E-state index in [1.165, 1.54) is 0 Å². The van der Waals surface area contributed by atoms with Crippen molar-refractivity contribution in [2.24, 2.45) is 0 Å². The maximum atomic E-state index is 9.46. The molecular formula is C15H14Cl2O2. The molecule has 0 radical (unpaired) electrons. The van der Waals surface area contributed by atoms with Crippen molar-refractivity contribution < 1.29 is 9.84 Å². The summed E-state index contributed by atoms with van der Waals surface area (Å²) < 4.78 is 5.64. The molecule has 0 amide bonds. The van der Waals surface area contributed by atoms with E-state index >= 15 is 0 Å². The Kier molecular flexibility index (Phi) is 4.70. The van der Waals surface area contributed by atoms with Crippen molar-refractivity contribution >= 4 is 23.2 Å². The van der Waals surface area contributed by atoms with E-state index in [0.29, 0.717) is 22.4 Å². The zero-order valence-electron chi connectivity index (χ0n) is 10.4. The van der Waals surface area contributed by atoms with Gasteiger partial charge in [0.2, 0.25) is 0 Å². The smallest absolute Gasteiger partial charge is 0.138 e. The Morgan fingerprint density at radius 3 is 2.58 bits per heavy atom. The predicted octanol–water partition coefficient (Wildman–Crippen LogP) is 4.63. The van der Waals surface area contributed by atoms with Crippen molar-refractivity contribution in [2.75, 3.05) is 0 Å². The van der Waals surface area contributed by atoms with Gasteiger partial charge in [0.15, 0.2) is 0 Å². The molecule has 0 heterocycles. The van der Waals surface area contributed by atoms with Crippen molar-refractivity contribution in [3.05, 3.63) is 63.6 Å². The summed E-state index contributed by atoms with van der Waals surface area (Å²) in [4.78, 5) is 0. The van der Waals surface area contributed by atoms with Gasteiger partial charge >= 0.3 is 0 Å². The largest absolute Gasteiger partial charge is 0.487 e. The Bertz CT molecular complexity index is 568. The van der Waals surface area contributed by atoms with Crippen LogP contribution in [0.5, 0.6) is 5.75 Å². The highest BCUT2D eigenvalue weighted by atomic mass is 35.5. The number of aliphatic hydroxyl groups excluding tert-OH is 1. The summed E-state index contributed by atoms with van der Waals surface area (Å²) in [5.74, 6) is 0.589. The van der Waals surface area contributed by atoms with Crippen molar-refractivity contribution in [3.63, 3.8) is 0 Å². The first kappa shape index (κ1) is 14.2. The molecule has 2 rings (SSSR count). The summed E-state index contributed by atoms with van der Waals surface area (Å²) in [6.07, 6.45) is -0.542. The SMILES string of the molecule is C[C@@H](O)c1ccc(OCc2cccc(Cl)c2)c(Cl)c1. The highest BCUT2D eigenvalue weighted by Crippen LogP contribution is 2.28. The van der Waals surface area contributed by atoms with E-state index in [1.54, 1.807) is 25.1 Å². The minimum absolute atomic E-state index is 0.397. The molecule has 0 saturated heterocycles. The number of aliphatic hydroxyl groups is 1. The van der Waals surface area contributed by atoms with Crippen LogP contribution >= 0.6 is 23.2 Å². The number of hydrogen-bond acceptors (Lipinski definition) is 2. The average molecular weight is 297 g/mol. The molecule has 19 heavy (non-hydrogen) atoms. The highest BCUT2D eigenvalue weighted by Gasteiger charge is 2.07. The van der Waals surface area contributed by atoms with Crippen molar-refractivity contribution in [1.29, 1.82) is 0 Å². The number of benzene rings is 2. The molecule has 0 saturated carbocycles. The van der Waals surface area contributed by atoms with Gasteiger partial charge in [-0.15, -0.1) is 0 Å². The summed E-state index contributed by atoms with van der Waals surface area (Å²) in [6, 6.07) is 12.7. The van der Waals surface area contributed by atoms with Crippen LogP contribution in [0, 0.1) is 0 Å². The van der Waals surface area contributed by atoms with Crippen LogP contribution < -0.4 is 4.74 Å². The van der Waals surface area contributed by atoms with Crippen molar-refractivity contribution in [2.45, 2.75) is 19.6 Å². The van der Waals surface area contributed by atoms with Crippen molar-refractivity contribution in [3.8, 4) is 5.75 Å². The molecule has 1 atom stereocenters. The average Bonchev–Trinajstić information content (AvgIpc) is 2.37. The minimum Gasteiger partial charge on any atom is -0.487 e. The van der Waals surface area contributed by atoms with E-state index in [0.717, 1.165) is 11.1 Å². The minimum atomic E-state index is -0.542. The molecule has 0 unspecified atom stereocenters. The first-order chi connectivity index (χ1) is 9.06. The fraction of sp³-hybridized carbons (Fsp3) is 0.200. The van der Waals surface area contributed by atoms with Gasteiger partial charge in [-0.05, 0) is 42.3 Å². The highest BCUT2D eigenvalue weighted by molar-refractivity contribution is 6.32. The van der Waals surface area contributed by atoms with E-state index in [9.17, 15) is 5.11 Å². The van der Waals surface area contributed by atoms with Gasteiger partial charge in [-0.1, -0.05) is 41.4 Å². The number of halogens is 2. The van der Waals surface area contributed by atoms with Gasteiger partial charge in [0, 0.05) is 5.02 Å². The van der Waals surface area contributed by atoms with Crippen LogP contribution in [0.15, 0.2) is 42.5 Å². The zero-order chi connectivity index (χ0) is 13.8. The van der Waals surface area contributed by atoms with Gasteiger partial charge in [-0.25, -0.2) is 0 Å². The lowest BCUT2D eigenvalue weighted by atomic mass is 10.1. The normalized spacial score (nSPS) is 12.2. The third kappa shape index (κ3) is 3.87. The topological polar surface area (TPSA) is 29.5 Å². The molecule has 2 nitrogen and oxygen atoms in total. The van der Waals surface area contributed by atoms with Gasteiger partial charge in [0.05, 0.1) is 11.1 Å². The molecule has 2 aromatic carbocycles. The number of hydrogen-bond donors (Lipinski definition) is 1. The van der Waals surface area contributed by atoms with Crippen LogP contribution in [0.3, 0.4) is 0 Å². The first-order valence-corrected chi connectivity index (χ1v) is 6.66. The zero-order valence-corrected chi connectivity index (χ0v) is 11.9. The van der Waals surface area contributed by atoms with Crippen LogP contribution in [-0.2, 0) is 6.61 Å². The fourth-order valence-corrected chi connectivity index (χ4v) is 2.14. The lowest BCUT2D eigenvalue weighted by Crippen LogP contribution is -1.97. The van der Waals surface area contributed by atoms with Crippen LogP contribution in [0.4, 0.5) is 0 Å². The van der Waals surface area contributed by atoms with Gasteiger partial charge in [-0.3, -0.25) is 0 Å². The molecule has 1 N–H and O–H groups in total.